The van der Waals surface area contributed by atoms with Crippen LogP contribution in [0.25, 0.3) is 0 Å². The van der Waals surface area contributed by atoms with E-state index < -0.39 is 6.09 Å². The molecule has 0 heterocycles. The van der Waals surface area contributed by atoms with Crippen LogP contribution in [0.2, 0.25) is 0 Å². The monoisotopic (exact) mass is 343 g/mol. The Hall–Kier alpha value is -1.26. The lowest BCUT2D eigenvalue weighted by Crippen LogP contribution is -2.35. The van der Waals surface area contributed by atoms with Crippen LogP contribution in [0.15, 0.2) is 0 Å². The average molecular weight is 344 g/mol. The molecule has 0 bridgehead atoms. The van der Waals surface area contributed by atoms with Gasteiger partial charge in [-0.2, -0.15) is 0 Å². The van der Waals surface area contributed by atoms with E-state index in [4.69, 9.17) is 9.47 Å². The predicted molar refractivity (Wildman–Crippen MR) is 97.0 cm³/mol. The van der Waals surface area contributed by atoms with Crippen molar-refractivity contribution in [3.8, 4) is 0 Å². The Balaban J connectivity index is 3.49. The molecule has 24 heavy (non-hydrogen) atoms. The minimum Gasteiger partial charge on any atom is -0.466 e. The van der Waals surface area contributed by atoms with E-state index in [0.717, 1.165) is 25.7 Å². The summed E-state index contributed by atoms with van der Waals surface area (Å²) in [5.74, 6) is -0.265. The third kappa shape index (κ3) is 15.6. The van der Waals surface area contributed by atoms with Gasteiger partial charge in [-0.3, -0.25) is 4.79 Å². The average Bonchev–Trinajstić information content (AvgIpc) is 2.53. The number of carbonyl (C=O) groups excluding carboxylic acids is 2. The van der Waals surface area contributed by atoms with Crippen LogP contribution in [-0.2, 0) is 14.3 Å². The van der Waals surface area contributed by atoms with Crippen LogP contribution in [0.3, 0.4) is 0 Å². The van der Waals surface area contributed by atoms with Gasteiger partial charge >= 0.3 is 12.1 Å². The molecule has 0 aliphatic heterocycles. The highest BCUT2D eigenvalue weighted by molar-refractivity contribution is 5.72. The molecule has 0 saturated heterocycles. The molecule has 142 valence electrons. The van der Waals surface area contributed by atoms with Gasteiger partial charge in [-0.05, 0) is 19.8 Å². The summed E-state index contributed by atoms with van der Waals surface area (Å²) in [6.45, 7) is 6.92. The fraction of sp³-hybridized carbons (Fsp3) is 0.895. The van der Waals surface area contributed by atoms with Crippen LogP contribution in [-0.4, -0.2) is 31.3 Å². The summed E-state index contributed by atoms with van der Waals surface area (Å²) < 4.78 is 10.2. The lowest BCUT2D eigenvalue weighted by Gasteiger charge is -2.13. The first-order valence-corrected chi connectivity index (χ1v) is 9.69. The molecule has 0 aliphatic rings. The standard InChI is InChI=1S/C19H37NO4/c1-4-6-8-9-10-11-12-13-15-23-18(21)16-17(3)20-19(22)24-14-7-5-2/h17H,4-16H2,1-3H3,(H,20,22). The van der Waals surface area contributed by atoms with Crippen molar-refractivity contribution in [2.75, 3.05) is 13.2 Å². The highest BCUT2D eigenvalue weighted by Gasteiger charge is 2.13. The lowest BCUT2D eigenvalue weighted by atomic mass is 10.1. The summed E-state index contributed by atoms with van der Waals surface area (Å²) in [5.41, 5.74) is 0. The number of esters is 1. The first-order valence-electron chi connectivity index (χ1n) is 9.69. The van der Waals surface area contributed by atoms with E-state index >= 15 is 0 Å². The van der Waals surface area contributed by atoms with Crippen molar-refractivity contribution in [1.29, 1.82) is 0 Å². The Morgan fingerprint density at radius 1 is 0.792 bits per heavy atom. The maximum absolute atomic E-state index is 11.7. The minimum absolute atomic E-state index is 0.180. The molecule has 0 aromatic carbocycles. The van der Waals surface area contributed by atoms with E-state index in [2.05, 4.69) is 12.2 Å². The molecular weight excluding hydrogens is 306 g/mol. The highest BCUT2D eigenvalue weighted by atomic mass is 16.5. The van der Waals surface area contributed by atoms with Crippen molar-refractivity contribution in [2.45, 2.75) is 97.4 Å². The number of rotatable bonds is 15. The molecule has 1 N–H and O–H groups in total. The van der Waals surface area contributed by atoms with Crippen molar-refractivity contribution in [3.63, 3.8) is 0 Å². The molecule has 0 aromatic heterocycles. The van der Waals surface area contributed by atoms with Gasteiger partial charge in [-0.15, -0.1) is 0 Å². The SMILES string of the molecule is CCCCCCCCCCOC(=O)CC(C)NC(=O)OCCCC. The zero-order valence-corrected chi connectivity index (χ0v) is 15.9. The third-order valence-electron chi connectivity index (χ3n) is 3.83. The number of ether oxygens (including phenoxy) is 2. The van der Waals surface area contributed by atoms with Crippen LogP contribution in [0.1, 0.15) is 91.4 Å². The van der Waals surface area contributed by atoms with E-state index in [-0.39, 0.29) is 18.4 Å². The molecule has 0 spiro atoms. The summed E-state index contributed by atoms with van der Waals surface area (Å²) in [7, 11) is 0. The molecule has 0 saturated carbocycles. The van der Waals surface area contributed by atoms with Crippen molar-refractivity contribution < 1.29 is 19.1 Å². The topological polar surface area (TPSA) is 64.6 Å². The number of amides is 1. The van der Waals surface area contributed by atoms with Crippen molar-refractivity contribution in [1.82, 2.24) is 5.32 Å². The van der Waals surface area contributed by atoms with Gasteiger partial charge in [0, 0.05) is 6.04 Å². The molecule has 0 aliphatic carbocycles. The Kier molecular flexibility index (Phi) is 15.7. The summed E-state index contributed by atoms with van der Waals surface area (Å²) in [5, 5.41) is 2.64. The second kappa shape index (κ2) is 16.6. The summed E-state index contributed by atoms with van der Waals surface area (Å²) in [4.78, 5) is 23.1. The van der Waals surface area contributed by atoms with E-state index in [9.17, 15) is 9.59 Å². The normalized spacial score (nSPS) is 11.8. The van der Waals surface area contributed by atoms with Gasteiger partial charge in [0.2, 0.25) is 0 Å². The van der Waals surface area contributed by atoms with Crippen molar-refractivity contribution in [2.24, 2.45) is 0 Å². The zero-order chi connectivity index (χ0) is 18.0. The third-order valence-corrected chi connectivity index (χ3v) is 3.83. The van der Waals surface area contributed by atoms with Crippen LogP contribution in [0, 0.1) is 0 Å². The molecule has 0 aromatic rings. The number of carbonyl (C=O) groups is 2. The lowest BCUT2D eigenvalue weighted by molar-refractivity contribution is -0.144. The van der Waals surface area contributed by atoms with Crippen molar-refractivity contribution >= 4 is 12.1 Å². The van der Waals surface area contributed by atoms with Gasteiger partial charge in [0.25, 0.3) is 0 Å². The fourth-order valence-electron chi connectivity index (χ4n) is 2.33. The van der Waals surface area contributed by atoms with Crippen LogP contribution in [0.5, 0.6) is 0 Å². The Morgan fingerprint density at radius 3 is 1.96 bits per heavy atom. The van der Waals surface area contributed by atoms with E-state index in [1.807, 2.05) is 6.92 Å². The van der Waals surface area contributed by atoms with Gasteiger partial charge in [0.05, 0.1) is 19.6 Å². The molecule has 1 atom stereocenters. The molecular formula is C19H37NO4. The molecule has 1 amide bonds. The fourth-order valence-corrected chi connectivity index (χ4v) is 2.33. The van der Waals surface area contributed by atoms with Gasteiger partial charge in [-0.25, -0.2) is 4.79 Å². The number of hydrogen-bond donors (Lipinski definition) is 1. The van der Waals surface area contributed by atoms with Crippen LogP contribution in [0.4, 0.5) is 4.79 Å². The minimum atomic E-state index is -0.466. The summed E-state index contributed by atoms with van der Waals surface area (Å²) in [6.07, 6.45) is 11.3. The number of unbranched alkanes of at least 4 members (excludes halogenated alkanes) is 8. The summed E-state index contributed by atoms with van der Waals surface area (Å²) in [6, 6.07) is -0.273. The Morgan fingerprint density at radius 2 is 1.33 bits per heavy atom. The first-order chi connectivity index (χ1) is 11.6. The van der Waals surface area contributed by atoms with Gasteiger partial charge < -0.3 is 14.8 Å². The number of hydrogen-bond acceptors (Lipinski definition) is 4. The zero-order valence-electron chi connectivity index (χ0n) is 15.9. The molecule has 0 fully saturated rings. The molecule has 5 nitrogen and oxygen atoms in total. The van der Waals surface area contributed by atoms with Gasteiger partial charge in [-0.1, -0.05) is 65.2 Å². The van der Waals surface area contributed by atoms with Gasteiger partial charge in [0.15, 0.2) is 0 Å². The van der Waals surface area contributed by atoms with Crippen molar-refractivity contribution in [3.05, 3.63) is 0 Å². The molecule has 1 unspecified atom stereocenters. The number of alkyl carbamates (subject to hydrolysis) is 1. The second-order valence-corrected chi connectivity index (χ2v) is 6.43. The maximum Gasteiger partial charge on any atom is 0.407 e. The predicted octanol–water partition coefficient (Wildman–Crippen LogP) is 4.98. The number of nitrogens with one attached hydrogen (secondary N) is 1. The molecule has 5 heteroatoms. The molecule has 0 rings (SSSR count). The highest BCUT2D eigenvalue weighted by Crippen LogP contribution is 2.08. The summed E-state index contributed by atoms with van der Waals surface area (Å²) >= 11 is 0. The van der Waals surface area contributed by atoms with E-state index in [0.29, 0.717) is 13.2 Å². The second-order valence-electron chi connectivity index (χ2n) is 6.43. The van der Waals surface area contributed by atoms with E-state index in [1.54, 1.807) is 6.92 Å². The Bertz CT molecular complexity index is 320. The first kappa shape index (κ1) is 22.7. The largest absolute Gasteiger partial charge is 0.466 e. The smallest absolute Gasteiger partial charge is 0.407 e. The molecule has 0 radical (unpaired) electrons. The Labute approximate surface area is 147 Å². The van der Waals surface area contributed by atoms with Gasteiger partial charge in [0.1, 0.15) is 0 Å². The van der Waals surface area contributed by atoms with Crippen LogP contribution >= 0.6 is 0 Å². The van der Waals surface area contributed by atoms with Crippen LogP contribution < -0.4 is 5.32 Å². The quantitative estimate of drug-likeness (QED) is 0.336. The van der Waals surface area contributed by atoms with E-state index in [1.165, 1.54) is 38.5 Å². The maximum atomic E-state index is 11.7.